The van der Waals surface area contributed by atoms with E-state index in [1.54, 1.807) is 12.2 Å². The van der Waals surface area contributed by atoms with Crippen LogP contribution in [-0.2, 0) is 12.8 Å². The van der Waals surface area contributed by atoms with Crippen LogP contribution in [0.3, 0.4) is 0 Å². The summed E-state index contributed by atoms with van der Waals surface area (Å²) in [4.78, 5) is 24.4. The number of carboxylic acid groups (broad SMARTS) is 2. The maximum atomic E-state index is 12.3. The minimum atomic E-state index is -1.53. The zero-order valence-corrected chi connectivity index (χ0v) is 22.9. The van der Waals surface area contributed by atoms with Gasteiger partial charge in [0.15, 0.2) is 0 Å². The Hall–Kier alpha value is -1.92. The van der Waals surface area contributed by atoms with Crippen LogP contribution in [0.4, 0.5) is 0 Å². The Bertz CT molecular complexity index is 1220. The van der Waals surface area contributed by atoms with Crippen LogP contribution in [0, 0.1) is 0 Å². The Morgan fingerprint density at radius 1 is 0.758 bits per heavy atom. The summed E-state index contributed by atoms with van der Waals surface area (Å²) in [6.07, 6.45) is 4.72. The number of hydrogen-bond acceptors (Lipinski definition) is 4. The van der Waals surface area contributed by atoms with Crippen molar-refractivity contribution >= 4 is 23.6 Å². The predicted octanol–water partition coefficient (Wildman–Crippen LogP) is -2.97. The summed E-state index contributed by atoms with van der Waals surface area (Å²) < 4.78 is 0. The van der Waals surface area contributed by atoms with E-state index in [-0.39, 0.29) is 76.7 Å². The van der Waals surface area contributed by atoms with Gasteiger partial charge in [0.2, 0.25) is 0 Å². The van der Waals surface area contributed by atoms with Gasteiger partial charge in [0.25, 0.3) is 0 Å². The molecule has 0 aromatic heterocycles. The van der Waals surface area contributed by atoms with Gasteiger partial charge in [-0.15, -0.1) is 0 Å². The van der Waals surface area contributed by atoms with E-state index in [1.807, 2.05) is 60.7 Å². The van der Waals surface area contributed by atoms with Gasteiger partial charge < -0.3 is 19.8 Å². The molecule has 4 nitrogen and oxygen atoms in total. The first kappa shape index (κ1) is 27.3. The molecule has 0 amide bonds. The summed E-state index contributed by atoms with van der Waals surface area (Å²) in [6, 6.07) is 19.1. The molecule has 1 aliphatic carbocycles. The van der Waals surface area contributed by atoms with Crippen LogP contribution in [-0.4, -0.2) is 11.9 Å². The van der Waals surface area contributed by atoms with Gasteiger partial charge in [0.1, 0.15) is 0 Å². The topological polar surface area (TPSA) is 80.3 Å². The zero-order chi connectivity index (χ0) is 22.0. The Balaban J connectivity index is 0.00000193. The van der Waals surface area contributed by atoms with Crippen molar-refractivity contribution in [2.24, 2.45) is 0 Å². The van der Waals surface area contributed by atoms with E-state index in [0.29, 0.717) is 29.5 Å². The molecular formula is C27H20Na2O4. The number of allylic oxidation sites excluding steroid dienone is 2. The Morgan fingerprint density at radius 3 is 1.73 bits per heavy atom. The van der Waals surface area contributed by atoms with Crippen molar-refractivity contribution in [1.29, 1.82) is 0 Å². The molecule has 6 heteroatoms. The third-order valence-electron chi connectivity index (χ3n) is 5.61. The molecule has 0 fully saturated rings. The molecule has 3 aromatic carbocycles. The third-order valence-corrected chi connectivity index (χ3v) is 5.61. The number of aromatic carboxylic acids is 2. The van der Waals surface area contributed by atoms with E-state index in [4.69, 9.17) is 0 Å². The van der Waals surface area contributed by atoms with Crippen LogP contribution in [0.1, 0.15) is 60.5 Å². The number of carbonyl (C=O) groups is 2. The van der Waals surface area contributed by atoms with E-state index < -0.39 is 11.9 Å². The second-order valence-electron chi connectivity index (χ2n) is 7.61. The SMILES string of the molecule is C=C1CC=Cc2c1c(Cc1ccccc1)c(Cc1ccccc1)c(C(=O)[O-])c2C(=O)[O-].[Na+].[Na+]. The Kier molecular flexibility index (Phi) is 9.92. The van der Waals surface area contributed by atoms with Gasteiger partial charge >= 0.3 is 59.1 Å². The van der Waals surface area contributed by atoms with Gasteiger partial charge in [-0.3, -0.25) is 0 Å². The summed E-state index contributed by atoms with van der Waals surface area (Å²) >= 11 is 0. The molecule has 0 heterocycles. The van der Waals surface area contributed by atoms with Gasteiger partial charge in [-0.1, -0.05) is 79.4 Å². The minimum absolute atomic E-state index is 0. The van der Waals surface area contributed by atoms with Gasteiger partial charge in [-0.2, -0.15) is 0 Å². The number of carbonyl (C=O) groups excluding carboxylic acids is 2. The van der Waals surface area contributed by atoms with E-state index >= 15 is 0 Å². The maximum absolute atomic E-state index is 12.3. The largest absolute Gasteiger partial charge is 1.00 e. The standard InChI is InChI=1S/C27H22O4.2Na/c1-17-9-8-14-20-23(17)21(15-18-10-4-2-5-11-18)22(16-19-12-6-3-7-13-19)25(27(30)31)24(20)26(28)29;;/h2-8,10-14H,1,9,15-16H2,(H,28,29)(H,30,31);;/q;2*+1/p-2. The average Bonchev–Trinajstić information content (AvgIpc) is 2.76. The second kappa shape index (κ2) is 12.0. The maximum Gasteiger partial charge on any atom is 1.00 e. The summed E-state index contributed by atoms with van der Waals surface area (Å²) in [5.41, 5.74) is 4.20. The van der Waals surface area contributed by atoms with E-state index in [0.717, 1.165) is 22.3 Å². The summed E-state index contributed by atoms with van der Waals surface area (Å²) in [5, 5.41) is 24.4. The van der Waals surface area contributed by atoms with Crippen molar-refractivity contribution in [3.8, 4) is 0 Å². The first-order chi connectivity index (χ1) is 15.0. The van der Waals surface area contributed by atoms with Gasteiger partial charge in [-0.05, 0) is 58.2 Å². The normalized spacial score (nSPS) is 11.7. The molecule has 3 aromatic rings. The molecule has 4 rings (SSSR count). The van der Waals surface area contributed by atoms with Crippen molar-refractivity contribution < 1.29 is 78.9 Å². The van der Waals surface area contributed by atoms with E-state index in [2.05, 4.69) is 6.58 Å². The molecular weight excluding hydrogens is 434 g/mol. The molecule has 0 bridgehead atoms. The molecule has 0 unspecified atom stereocenters. The van der Waals surface area contributed by atoms with Crippen LogP contribution < -0.4 is 69.3 Å². The molecule has 0 saturated carbocycles. The molecule has 0 N–H and O–H groups in total. The van der Waals surface area contributed by atoms with Crippen LogP contribution in [0.2, 0.25) is 0 Å². The van der Waals surface area contributed by atoms with Gasteiger partial charge in [0, 0.05) is 11.1 Å². The van der Waals surface area contributed by atoms with E-state index in [9.17, 15) is 19.8 Å². The fraction of sp³-hybridized carbons (Fsp3) is 0.111. The number of carboxylic acids is 2. The summed E-state index contributed by atoms with van der Waals surface area (Å²) in [7, 11) is 0. The molecule has 0 spiro atoms. The quantitative estimate of drug-likeness (QED) is 0.373. The molecule has 0 saturated heterocycles. The molecule has 0 aliphatic heterocycles. The number of hydrogen-bond donors (Lipinski definition) is 0. The second-order valence-corrected chi connectivity index (χ2v) is 7.61. The molecule has 0 radical (unpaired) electrons. The number of fused-ring (bicyclic) bond motifs is 1. The molecule has 33 heavy (non-hydrogen) atoms. The van der Waals surface area contributed by atoms with Crippen molar-refractivity contribution in [1.82, 2.24) is 0 Å². The van der Waals surface area contributed by atoms with Crippen molar-refractivity contribution in [3.63, 3.8) is 0 Å². The zero-order valence-electron chi connectivity index (χ0n) is 18.9. The smallest absolute Gasteiger partial charge is 0.545 e. The number of rotatable bonds is 6. The monoisotopic (exact) mass is 454 g/mol. The molecule has 154 valence electrons. The van der Waals surface area contributed by atoms with E-state index in [1.165, 1.54) is 0 Å². The summed E-state index contributed by atoms with van der Waals surface area (Å²) in [5.74, 6) is -3.05. The van der Waals surface area contributed by atoms with Crippen molar-refractivity contribution in [2.75, 3.05) is 0 Å². The Labute approximate surface area is 237 Å². The third kappa shape index (κ3) is 5.78. The minimum Gasteiger partial charge on any atom is -0.545 e. The van der Waals surface area contributed by atoms with Crippen LogP contribution in [0.15, 0.2) is 73.3 Å². The molecule has 0 atom stereocenters. The fourth-order valence-electron chi connectivity index (χ4n) is 4.29. The van der Waals surface area contributed by atoms with Crippen LogP contribution in [0.25, 0.3) is 11.6 Å². The fourth-order valence-corrected chi connectivity index (χ4v) is 4.29. The Morgan fingerprint density at radius 2 is 1.24 bits per heavy atom. The predicted molar refractivity (Wildman–Crippen MR) is 116 cm³/mol. The van der Waals surface area contributed by atoms with Gasteiger partial charge in [-0.25, -0.2) is 0 Å². The van der Waals surface area contributed by atoms with Crippen molar-refractivity contribution in [3.05, 3.63) is 118 Å². The van der Waals surface area contributed by atoms with Crippen molar-refractivity contribution in [2.45, 2.75) is 19.3 Å². The molecule has 1 aliphatic rings. The number of benzene rings is 3. The first-order valence-electron chi connectivity index (χ1n) is 10.0. The van der Waals surface area contributed by atoms with Crippen LogP contribution in [0.5, 0.6) is 0 Å². The first-order valence-corrected chi connectivity index (χ1v) is 10.0. The summed E-state index contributed by atoms with van der Waals surface area (Å²) in [6.45, 7) is 4.15. The average molecular weight is 454 g/mol. The van der Waals surface area contributed by atoms with Crippen LogP contribution >= 0.6 is 0 Å². The van der Waals surface area contributed by atoms with Gasteiger partial charge in [0.05, 0.1) is 11.9 Å².